The molecule has 11 heteroatoms. The third-order valence-electron chi connectivity index (χ3n) is 5.83. The third kappa shape index (κ3) is 3.67. The molecule has 0 saturated heterocycles. The summed E-state index contributed by atoms with van der Waals surface area (Å²) in [4.78, 5) is 12.3. The Balaban J connectivity index is 1.72. The zero-order valence-corrected chi connectivity index (χ0v) is 19.3. The van der Waals surface area contributed by atoms with Gasteiger partial charge in [0, 0.05) is 35.6 Å². The minimum atomic E-state index is -4.61. The van der Waals surface area contributed by atoms with E-state index < -0.39 is 17.7 Å². The third-order valence-corrected chi connectivity index (χ3v) is 6.38. The quantitative estimate of drug-likeness (QED) is 0.276. The lowest BCUT2D eigenvalue weighted by Crippen LogP contribution is -2.25. The summed E-state index contributed by atoms with van der Waals surface area (Å²) < 4.78 is 62.1. The second kappa shape index (κ2) is 8.09. The van der Waals surface area contributed by atoms with Crippen LogP contribution in [0.2, 0.25) is 10.2 Å². The number of fused-ring (bicyclic) bond motifs is 2. The molecule has 1 aliphatic heterocycles. The summed E-state index contributed by atoms with van der Waals surface area (Å²) in [7, 11) is 0. The standard InChI is InChI=1S/C23H16Cl2F4N4O/c1-10-7-14(22-32-11(2)19-21(25)30-5-6-33(19)22)13-8-15(24)18(26)17(20(13)34-10)12-3-4-16(31-9-12)23(27,28)29/h3-6,8-10,14H,7H2,1-2H3/t10?,14-/m0/s1. The molecule has 0 saturated carbocycles. The molecule has 4 heterocycles. The van der Waals surface area contributed by atoms with Crippen molar-refractivity contribution in [2.75, 3.05) is 0 Å². The average Bonchev–Trinajstić information content (AvgIpc) is 3.12. The SMILES string of the molecule is Cc1nc([C@H]2CC(C)Oc3c2cc(Cl)c(F)c3-c2ccc(C(F)(F)F)nc2)n2ccnc(Cl)c12. The van der Waals surface area contributed by atoms with E-state index in [1.165, 1.54) is 6.07 Å². The first-order valence-corrected chi connectivity index (χ1v) is 11.0. The van der Waals surface area contributed by atoms with E-state index in [-0.39, 0.29) is 33.9 Å². The van der Waals surface area contributed by atoms with E-state index in [1.54, 1.807) is 12.4 Å². The van der Waals surface area contributed by atoms with E-state index >= 15 is 4.39 Å². The maximum absolute atomic E-state index is 15.3. The van der Waals surface area contributed by atoms with Crippen molar-refractivity contribution in [1.29, 1.82) is 0 Å². The molecule has 0 bridgehead atoms. The van der Waals surface area contributed by atoms with Crippen LogP contribution in [0.1, 0.15) is 42.0 Å². The largest absolute Gasteiger partial charge is 0.490 e. The Morgan fingerprint density at radius 1 is 1.18 bits per heavy atom. The molecule has 5 rings (SSSR count). The van der Waals surface area contributed by atoms with Gasteiger partial charge in [-0.05, 0) is 32.4 Å². The first-order chi connectivity index (χ1) is 16.1. The Hall–Kier alpha value is -2.91. The second-order valence-electron chi connectivity index (χ2n) is 8.10. The van der Waals surface area contributed by atoms with Crippen molar-refractivity contribution in [3.8, 4) is 16.9 Å². The van der Waals surface area contributed by atoms with Gasteiger partial charge in [-0.2, -0.15) is 13.2 Å². The van der Waals surface area contributed by atoms with E-state index in [0.717, 1.165) is 18.3 Å². The molecule has 0 fully saturated rings. The molecular formula is C23H16Cl2F4N4O. The van der Waals surface area contributed by atoms with Gasteiger partial charge < -0.3 is 4.74 Å². The van der Waals surface area contributed by atoms with Crippen molar-refractivity contribution >= 4 is 28.7 Å². The van der Waals surface area contributed by atoms with E-state index in [4.69, 9.17) is 32.9 Å². The van der Waals surface area contributed by atoms with E-state index in [1.807, 2.05) is 18.2 Å². The number of nitrogens with zero attached hydrogens (tertiary/aromatic N) is 4. The van der Waals surface area contributed by atoms with E-state index in [9.17, 15) is 13.2 Å². The average molecular weight is 511 g/mol. The Kier molecular flexibility index (Phi) is 5.44. The molecule has 3 aromatic heterocycles. The van der Waals surface area contributed by atoms with Crippen LogP contribution < -0.4 is 4.74 Å². The number of hydrogen-bond donors (Lipinski definition) is 0. The highest BCUT2D eigenvalue weighted by Crippen LogP contribution is 2.48. The first kappa shape index (κ1) is 22.9. The second-order valence-corrected chi connectivity index (χ2v) is 8.87. The fourth-order valence-electron chi connectivity index (χ4n) is 4.37. The number of imidazole rings is 1. The van der Waals surface area contributed by atoms with Crippen LogP contribution in [0.15, 0.2) is 36.8 Å². The van der Waals surface area contributed by atoms with Gasteiger partial charge in [-0.3, -0.25) is 9.38 Å². The molecule has 0 aliphatic carbocycles. The number of aryl methyl sites for hydroxylation is 1. The lowest BCUT2D eigenvalue weighted by molar-refractivity contribution is -0.141. The van der Waals surface area contributed by atoms with Crippen molar-refractivity contribution < 1.29 is 22.3 Å². The Morgan fingerprint density at radius 2 is 1.94 bits per heavy atom. The van der Waals surface area contributed by atoms with Crippen molar-refractivity contribution in [2.24, 2.45) is 0 Å². The number of ether oxygens (including phenoxy) is 1. The highest BCUT2D eigenvalue weighted by Gasteiger charge is 2.36. The summed E-state index contributed by atoms with van der Waals surface area (Å²) in [5, 5.41) is 0.113. The van der Waals surface area contributed by atoms with Crippen molar-refractivity contribution in [1.82, 2.24) is 19.4 Å². The Bertz CT molecular complexity index is 1420. The smallest absolute Gasteiger partial charge is 0.433 e. The van der Waals surface area contributed by atoms with Crippen LogP contribution >= 0.6 is 23.2 Å². The van der Waals surface area contributed by atoms with Gasteiger partial charge in [0.25, 0.3) is 0 Å². The first-order valence-electron chi connectivity index (χ1n) is 10.3. The summed E-state index contributed by atoms with van der Waals surface area (Å²) in [5.74, 6) is -0.307. The van der Waals surface area contributed by atoms with Crippen molar-refractivity contribution in [3.63, 3.8) is 0 Å². The van der Waals surface area contributed by atoms with E-state index in [2.05, 4.69) is 9.97 Å². The molecule has 176 valence electrons. The van der Waals surface area contributed by atoms with Crippen LogP contribution in [0, 0.1) is 12.7 Å². The van der Waals surface area contributed by atoms with Crippen LogP contribution in [-0.4, -0.2) is 25.5 Å². The lowest BCUT2D eigenvalue weighted by atomic mass is 9.86. The van der Waals surface area contributed by atoms with Gasteiger partial charge in [-0.1, -0.05) is 29.3 Å². The van der Waals surface area contributed by atoms with Gasteiger partial charge in [-0.25, -0.2) is 14.4 Å². The number of aromatic nitrogens is 4. The molecule has 5 nitrogen and oxygen atoms in total. The van der Waals surface area contributed by atoms with Crippen LogP contribution in [0.3, 0.4) is 0 Å². The number of hydrogen-bond acceptors (Lipinski definition) is 4. The molecule has 0 N–H and O–H groups in total. The molecule has 4 aromatic rings. The summed E-state index contributed by atoms with van der Waals surface area (Å²) in [5.41, 5.74) is 0.893. The molecule has 1 aromatic carbocycles. The van der Waals surface area contributed by atoms with Gasteiger partial charge in [-0.15, -0.1) is 0 Å². The predicted molar refractivity (Wildman–Crippen MR) is 119 cm³/mol. The number of benzene rings is 1. The maximum atomic E-state index is 15.3. The van der Waals surface area contributed by atoms with Gasteiger partial charge >= 0.3 is 6.18 Å². The molecule has 2 atom stereocenters. The Labute approximate surface area is 201 Å². The Morgan fingerprint density at radius 3 is 2.62 bits per heavy atom. The molecule has 1 aliphatic rings. The maximum Gasteiger partial charge on any atom is 0.433 e. The highest BCUT2D eigenvalue weighted by atomic mass is 35.5. The normalized spacial score (nSPS) is 18.1. The van der Waals surface area contributed by atoms with Crippen LogP contribution in [-0.2, 0) is 6.18 Å². The summed E-state index contributed by atoms with van der Waals surface area (Å²) in [6.45, 7) is 3.64. The number of pyridine rings is 1. The predicted octanol–water partition coefficient (Wildman–Crippen LogP) is 6.87. The minimum Gasteiger partial charge on any atom is -0.490 e. The summed E-state index contributed by atoms with van der Waals surface area (Å²) >= 11 is 12.5. The molecule has 0 radical (unpaired) electrons. The van der Waals surface area contributed by atoms with Crippen LogP contribution in [0.25, 0.3) is 16.6 Å². The van der Waals surface area contributed by atoms with Crippen LogP contribution in [0.5, 0.6) is 5.75 Å². The van der Waals surface area contributed by atoms with Gasteiger partial charge in [0.2, 0.25) is 0 Å². The lowest BCUT2D eigenvalue weighted by Gasteiger charge is -2.32. The zero-order chi connectivity index (χ0) is 24.4. The molecular weight excluding hydrogens is 495 g/mol. The van der Waals surface area contributed by atoms with Gasteiger partial charge in [0.1, 0.15) is 22.8 Å². The minimum absolute atomic E-state index is 0.0439. The summed E-state index contributed by atoms with van der Waals surface area (Å²) in [6, 6.07) is 3.43. The fourth-order valence-corrected chi connectivity index (χ4v) is 4.87. The molecule has 1 unspecified atom stereocenters. The monoisotopic (exact) mass is 510 g/mol. The van der Waals surface area contributed by atoms with Crippen LogP contribution in [0.4, 0.5) is 17.6 Å². The molecule has 0 spiro atoms. The van der Waals surface area contributed by atoms with Gasteiger partial charge in [0.05, 0.1) is 22.4 Å². The van der Waals surface area contributed by atoms with Crippen molar-refractivity contribution in [2.45, 2.75) is 38.5 Å². The zero-order valence-electron chi connectivity index (χ0n) is 17.8. The van der Waals surface area contributed by atoms with E-state index in [0.29, 0.717) is 34.2 Å². The fraction of sp³-hybridized carbons (Fsp3) is 0.261. The topological polar surface area (TPSA) is 52.3 Å². The van der Waals surface area contributed by atoms with Crippen molar-refractivity contribution in [3.05, 3.63) is 75.6 Å². The number of alkyl halides is 3. The highest BCUT2D eigenvalue weighted by molar-refractivity contribution is 6.32. The molecule has 34 heavy (non-hydrogen) atoms. The molecule has 0 amide bonds. The number of halogens is 6. The van der Waals surface area contributed by atoms with Gasteiger partial charge in [0.15, 0.2) is 11.0 Å². The number of rotatable bonds is 2. The summed E-state index contributed by atoms with van der Waals surface area (Å²) in [6.07, 6.45) is -0.183.